The molecule has 0 aliphatic rings. The third-order valence-corrected chi connectivity index (χ3v) is 5.42. The van der Waals surface area contributed by atoms with Crippen LogP contribution in [0.15, 0.2) is 67.3 Å². The molecule has 34 heavy (non-hydrogen) atoms. The monoisotopic (exact) mass is 449 g/mol. The molecule has 8 heteroatoms. The summed E-state index contributed by atoms with van der Waals surface area (Å²) < 4.78 is 0. The van der Waals surface area contributed by atoms with Crippen LogP contribution in [0.5, 0.6) is 0 Å². The van der Waals surface area contributed by atoms with E-state index in [0.717, 1.165) is 16.7 Å². The lowest BCUT2D eigenvalue weighted by molar-refractivity contribution is 0.102. The zero-order chi connectivity index (χ0) is 24.3. The average Bonchev–Trinajstić information content (AvgIpc) is 2.85. The third-order valence-electron chi connectivity index (χ3n) is 5.42. The highest BCUT2D eigenvalue weighted by Gasteiger charge is 2.22. The quantitative estimate of drug-likeness (QED) is 0.457. The standard InChI is InChI=1S/C26H23N7O/c1-16-4-5-19(32-25(34)18-7-8-30-23(10-18)26(2,3)15-27)12-20(16)22-14-29-13-21(33-22)17-6-9-31-24(28)11-17/h4-14H,1-3H3,(H2,28,31)(H,32,34). The summed E-state index contributed by atoms with van der Waals surface area (Å²) in [4.78, 5) is 30.3. The molecule has 8 nitrogen and oxygen atoms in total. The Labute approximate surface area is 197 Å². The number of anilines is 2. The molecule has 1 aromatic carbocycles. The Bertz CT molecular complexity index is 1420. The smallest absolute Gasteiger partial charge is 0.255 e. The fourth-order valence-corrected chi connectivity index (χ4v) is 3.39. The normalized spacial score (nSPS) is 11.0. The number of nitrogens with one attached hydrogen (secondary N) is 1. The Morgan fingerprint density at radius 1 is 1.03 bits per heavy atom. The number of amides is 1. The molecule has 0 bridgehead atoms. The van der Waals surface area contributed by atoms with E-state index in [1.807, 2.05) is 31.2 Å². The van der Waals surface area contributed by atoms with E-state index in [9.17, 15) is 10.1 Å². The zero-order valence-corrected chi connectivity index (χ0v) is 19.1. The number of nitriles is 1. The van der Waals surface area contributed by atoms with Crippen molar-refractivity contribution in [3.63, 3.8) is 0 Å². The van der Waals surface area contributed by atoms with Crippen LogP contribution in [0.1, 0.15) is 35.5 Å². The first-order chi connectivity index (χ1) is 16.3. The molecule has 0 aliphatic heterocycles. The van der Waals surface area contributed by atoms with Gasteiger partial charge in [0.25, 0.3) is 5.91 Å². The molecule has 0 unspecified atom stereocenters. The lowest BCUT2D eigenvalue weighted by atomic mass is 9.90. The summed E-state index contributed by atoms with van der Waals surface area (Å²) in [6.45, 7) is 5.50. The van der Waals surface area contributed by atoms with Crippen LogP contribution in [0.4, 0.5) is 11.5 Å². The summed E-state index contributed by atoms with van der Waals surface area (Å²) in [5.74, 6) is 0.113. The molecule has 0 fully saturated rings. The first-order valence-corrected chi connectivity index (χ1v) is 10.6. The summed E-state index contributed by atoms with van der Waals surface area (Å²) in [5.41, 5.74) is 10.6. The van der Waals surface area contributed by atoms with Gasteiger partial charge in [0.1, 0.15) is 5.82 Å². The van der Waals surface area contributed by atoms with Crippen molar-refractivity contribution in [2.24, 2.45) is 0 Å². The van der Waals surface area contributed by atoms with Crippen LogP contribution < -0.4 is 11.1 Å². The third kappa shape index (κ3) is 4.74. The van der Waals surface area contributed by atoms with Crippen LogP contribution in [0.2, 0.25) is 0 Å². The van der Waals surface area contributed by atoms with Gasteiger partial charge in [0, 0.05) is 34.8 Å². The van der Waals surface area contributed by atoms with Gasteiger partial charge in [-0.25, -0.2) is 9.97 Å². The highest BCUT2D eigenvalue weighted by atomic mass is 16.1. The van der Waals surface area contributed by atoms with Crippen LogP contribution in [-0.4, -0.2) is 25.8 Å². The van der Waals surface area contributed by atoms with Crippen LogP contribution in [0.3, 0.4) is 0 Å². The first-order valence-electron chi connectivity index (χ1n) is 10.6. The fraction of sp³-hybridized carbons (Fsp3) is 0.154. The fourth-order valence-electron chi connectivity index (χ4n) is 3.39. The average molecular weight is 450 g/mol. The van der Waals surface area contributed by atoms with Crippen molar-refractivity contribution in [3.8, 4) is 28.6 Å². The number of nitrogens with two attached hydrogens (primary N) is 1. The summed E-state index contributed by atoms with van der Waals surface area (Å²) >= 11 is 0. The molecular weight excluding hydrogens is 426 g/mol. The largest absolute Gasteiger partial charge is 0.384 e. The van der Waals surface area contributed by atoms with Crippen LogP contribution >= 0.6 is 0 Å². The minimum absolute atomic E-state index is 0.292. The van der Waals surface area contributed by atoms with Gasteiger partial charge < -0.3 is 11.1 Å². The number of hydrogen-bond acceptors (Lipinski definition) is 7. The van der Waals surface area contributed by atoms with Gasteiger partial charge in [0.05, 0.1) is 41.0 Å². The predicted molar refractivity (Wildman–Crippen MR) is 131 cm³/mol. The maximum Gasteiger partial charge on any atom is 0.255 e. The summed E-state index contributed by atoms with van der Waals surface area (Å²) in [6, 6.07) is 14.7. The molecular formula is C26H23N7O. The number of benzene rings is 1. The van der Waals surface area contributed by atoms with Gasteiger partial charge in [-0.2, -0.15) is 5.26 Å². The number of aromatic nitrogens is 4. The van der Waals surface area contributed by atoms with E-state index >= 15 is 0 Å². The Hall–Kier alpha value is -4.64. The van der Waals surface area contributed by atoms with Crippen molar-refractivity contribution in [1.29, 1.82) is 5.26 Å². The molecule has 0 radical (unpaired) electrons. The predicted octanol–water partition coefficient (Wildman–Crippen LogP) is 4.54. The number of carbonyl (C=O) groups is 1. The lowest BCUT2D eigenvalue weighted by Crippen LogP contribution is -2.18. The number of hydrogen-bond donors (Lipinski definition) is 2. The Morgan fingerprint density at radius 3 is 2.56 bits per heavy atom. The molecule has 0 saturated carbocycles. The first kappa shape index (κ1) is 22.6. The molecule has 0 saturated heterocycles. The molecule has 3 N–H and O–H groups in total. The van der Waals surface area contributed by atoms with Gasteiger partial charge >= 0.3 is 0 Å². The van der Waals surface area contributed by atoms with Gasteiger partial charge in [0.15, 0.2) is 0 Å². The number of rotatable bonds is 5. The number of aryl methyl sites for hydroxylation is 1. The molecule has 4 aromatic rings. The second-order valence-corrected chi connectivity index (χ2v) is 8.41. The summed E-state index contributed by atoms with van der Waals surface area (Å²) in [7, 11) is 0. The van der Waals surface area contributed by atoms with Crippen molar-refractivity contribution < 1.29 is 4.79 Å². The second-order valence-electron chi connectivity index (χ2n) is 8.41. The van der Waals surface area contributed by atoms with E-state index in [1.54, 1.807) is 50.6 Å². The van der Waals surface area contributed by atoms with Crippen molar-refractivity contribution in [1.82, 2.24) is 19.9 Å². The maximum absolute atomic E-state index is 12.9. The van der Waals surface area contributed by atoms with Crippen LogP contribution in [0, 0.1) is 18.3 Å². The van der Waals surface area contributed by atoms with Crippen molar-refractivity contribution in [2.45, 2.75) is 26.2 Å². The van der Waals surface area contributed by atoms with Crippen molar-refractivity contribution >= 4 is 17.4 Å². The zero-order valence-electron chi connectivity index (χ0n) is 19.1. The summed E-state index contributed by atoms with van der Waals surface area (Å²) in [5, 5.41) is 12.3. The second kappa shape index (κ2) is 9.08. The van der Waals surface area contributed by atoms with Crippen LogP contribution in [0.25, 0.3) is 22.5 Å². The minimum Gasteiger partial charge on any atom is -0.384 e. The molecule has 3 aromatic heterocycles. The minimum atomic E-state index is -0.795. The number of pyridine rings is 2. The van der Waals surface area contributed by atoms with Gasteiger partial charge in [-0.1, -0.05) is 6.07 Å². The maximum atomic E-state index is 12.9. The highest BCUT2D eigenvalue weighted by molar-refractivity contribution is 6.04. The highest BCUT2D eigenvalue weighted by Crippen LogP contribution is 2.28. The van der Waals surface area contributed by atoms with E-state index in [1.165, 1.54) is 6.20 Å². The van der Waals surface area contributed by atoms with E-state index in [4.69, 9.17) is 10.7 Å². The van der Waals surface area contributed by atoms with Gasteiger partial charge in [-0.3, -0.25) is 14.8 Å². The van der Waals surface area contributed by atoms with Crippen molar-refractivity contribution in [3.05, 3.63) is 84.1 Å². The van der Waals surface area contributed by atoms with E-state index in [-0.39, 0.29) is 5.91 Å². The summed E-state index contributed by atoms with van der Waals surface area (Å²) in [6.07, 6.45) is 6.52. The molecule has 4 rings (SSSR count). The Kier molecular flexibility index (Phi) is 6.02. The molecule has 168 valence electrons. The van der Waals surface area contributed by atoms with E-state index in [0.29, 0.717) is 34.2 Å². The topological polar surface area (TPSA) is 130 Å². The van der Waals surface area contributed by atoms with Gasteiger partial charge in [-0.15, -0.1) is 0 Å². The molecule has 0 aliphatic carbocycles. The number of carbonyl (C=O) groups excluding carboxylic acids is 1. The van der Waals surface area contributed by atoms with Crippen molar-refractivity contribution in [2.75, 3.05) is 11.1 Å². The molecule has 0 spiro atoms. The molecule has 3 heterocycles. The lowest BCUT2D eigenvalue weighted by Gasteiger charge is -2.15. The van der Waals surface area contributed by atoms with Gasteiger partial charge in [0.2, 0.25) is 0 Å². The Balaban J connectivity index is 1.63. The van der Waals surface area contributed by atoms with Gasteiger partial charge in [-0.05, 0) is 62.7 Å². The van der Waals surface area contributed by atoms with E-state index < -0.39 is 5.41 Å². The SMILES string of the molecule is Cc1ccc(NC(=O)c2ccnc(C(C)(C)C#N)c2)cc1-c1cncc(-c2ccnc(N)c2)n1. The molecule has 1 amide bonds. The number of nitrogen functional groups attached to an aromatic ring is 1. The molecule has 0 atom stereocenters. The van der Waals surface area contributed by atoms with E-state index in [2.05, 4.69) is 26.3 Å². The van der Waals surface area contributed by atoms with Crippen LogP contribution in [-0.2, 0) is 5.41 Å². The Morgan fingerprint density at radius 2 is 1.79 bits per heavy atom. The number of nitrogens with zero attached hydrogens (tertiary/aromatic N) is 5.